The van der Waals surface area contributed by atoms with Gasteiger partial charge in [-0.25, -0.2) is 4.99 Å². The molecule has 3 aromatic rings. The van der Waals surface area contributed by atoms with Crippen LogP contribution in [0.1, 0.15) is 18.2 Å². The Labute approximate surface area is 211 Å². The Hall–Kier alpha value is -3.01. The second-order valence-electron chi connectivity index (χ2n) is 7.33. The first-order valence-corrected chi connectivity index (χ1v) is 10.8. The molecule has 1 atom stereocenters. The zero-order valence-electron chi connectivity index (χ0n) is 18.6. The van der Waals surface area contributed by atoms with Crippen molar-refractivity contribution in [2.45, 2.75) is 26.2 Å². The number of hydrogen-bond donors (Lipinski definition) is 2. The van der Waals surface area contributed by atoms with Crippen LogP contribution in [-0.2, 0) is 13.2 Å². The molecule has 0 saturated carbocycles. The molecule has 1 unspecified atom stereocenters. The number of aliphatic imine (C=N–C) groups is 1. The van der Waals surface area contributed by atoms with Crippen LogP contribution in [0.5, 0.6) is 17.2 Å². The van der Waals surface area contributed by atoms with E-state index in [1.807, 2.05) is 73.7 Å². The molecule has 4 rings (SSSR count). The zero-order valence-corrected chi connectivity index (χ0v) is 20.9. The highest BCUT2D eigenvalue weighted by molar-refractivity contribution is 14.0. The summed E-state index contributed by atoms with van der Waals surface area (Å²) in [5.41, 5.74) is 1.96. The molecule has 1 aliphatic rings. The van der Waals surface area contributed by atoms with Crippen LogP contribution in [0.4, 0.5) is 0 Å². The summed E-state index contributed by atoms with van der Waals surface area (Å²) in [6.45, 7) is 4.86. The van der Waals surface area contributed by atoms with Crippen LogP contribution in [0, 0.1) is 0 Å². The third-order valence-corrected chi connectivity index (χ3v) is 4.84. The zero-order chi connectivity index (χ0) is 22.0. The van der Waals surface area contributed by atoms with Crippen molar-refractivity contribution >= 4 is 29.9 Å². The van der Waals surface area contributed by atoms with E-state index in [9.17, 15) is 0 Å². The Balaban J connectivity index is 0.00000306. The molecule has 174 valence electrons. The SMILES string of the molecule is CCNC(=NCc1cccc(OCc2ccccn2)c1)NCC1COc2ccccc2O1.I. The molecule has 0 spiro atoms. The fourth-order valence-corrected chi connectivity index (χ4v) is 3.26. The predicted molar refractivity (Wildman–Crippen MR) is 140 cm³/mol. The van der Waals surface area contributed by atoms with Crippen molar-refractivity contribution in [3.8, 4) is 17.2 Å². The molecule has 0 bridgehead atoms. The van der Waals surface area contributed by atoms with Gasteiger partial charge in [-0.05, 0) is 48.9 Å². The highest BCUT2D eigenvalue weighted by atomic mass is 127. The summed E-state index contributed by atoms with van der Waals surface area (Å²) in [5.74, 6) is 3.09. The van der Waals surface area contributed by atoms with E-state index in [1.165, 1.54) is 0 Å². The van der Waals surface area contributed by atoms with Gasteiger partial charge in [0.1, 0.15) is 25.1 Å². The van der Waals surface area contributed by atoms with Gasteiger partial charge < -0.3 is 24.8 Å². The van der Waals surface area contributed by atoms with Crippen molar-refractivity contribution in [2.24, 2.45) is 4.99 Å². The van der Waals surface area contributed by atoms with E-state index in [0.29, 0.717) is 26.3 Å². The number of halogens is 1. The van der Waals surface area contributed by atoms with Crippen LogP contribution >= 0.6 is 24.0 Å². The van der Waals surface area contributed by atoms with Crippen LogP contribution < -0.4 is 24.8 Å². The van der Waals surface area contributed by atoms with Crippen LogP contribution in [0.25, 0.3) is 0 Å². The van der Waals surface area contributed by atoms with Crippen LogP contribution in [0.2, 0.25) is 0 Å². The van der Waals surface area contributed by atoms with Crippen molar-refractivity contribution in [3.63, 3.8) is 0 Å². The Morgan fingerprint density at radius 1 is 1.06 bits per heavy atom. The van der Waals surface area contributed by atoms with E-state index in [-0.39, 0.29) is 30.1 Å². The first-order chi connectivity index (χ1) is 15.8. The Morgan fingerprint density at radius 3 is 2.73 bits per heavy atom. The molecule has 2 N–H and O–H groups in total. The second-order valence-corrected chi connectivity index (χ2v) is 7.33. The fourth-order valence-electron chi connectivity index (χ4n) is 3.26. The molecular weight excluding hydrogens is 531 g/mol. The molecule has 8 heteroatoms. The van der Waals surface area contributed by atoms with Crippen LogP contribution in [-0.4, -0.2) is 36.7 Å². The van der Waals surface area contributed by atoms with Gasteiger partial charge in [0.25, 0.3) is 0 Å². The lowest BCUT2D eigenvalue weighted by atomic mass is 10.2. The fraction of sp³-hybridized carbons (Fsp3) is 0.280. The summed E-state index contributed by atoms with van der Waals surface area (Å²) < 4.78 is 17.7. The number of hydrogen-bond acceptors (Lipinski definition) is 5. The van der Waals surface area contributed by atoms with Gasteiger partial charge in [-0.15, -0.1) is 24.0 Å². The predicted octanol–water partition coefficient (Wildman–Crippen LogP) is 4.17. The monoisotopic (exact) mass is 560 g/mol. The minimum atomic E-state index is -0.0860. The number of pyridine rings is 1. The number of aromatic nitrogens is 1. The standard InChI is InChI=1S/C25H28N4O3.HI/c1-2-26-25(29-16-22-18-31-23-11-3-4-12-24(23)32-22)28-15-19-8-7-10-21(14-19)30-17-20-9-5-6-13-27-20;/h3-14,22H,2,15-18H2,1H3,(H2,26,28,29);1H. The molecule has 1 aliphatic heterocycles. The third kappa shape index (κ3) is 7.52. The first kappa shape index (κ1) is 24.6. The Morgan fingerprint density at radius 2 is 1.91 bits per heavy atom. The van der Waals surface area contributed by atoms with Gasteiger partial charge in [0.15, 0.2) is 17.5 Å². The lowest BCUT2D eigenvalue weighted by Gasteiger charge is -2.27. The van der Waals surface area contributed by atoms with Crippen molar-refractivity contribution in [1.29, 1.82) is 0 Å². The number of benzene rings is 2. The number of nitrogens with one attached hydrogen (secondary N) is 2. The van der Waals surface area contributed by atoms with Gasteiger partial charge in [-0.2, -0.15) is 0 Å². The number of ether oxygens (including phenoxy) is 3. The van der Waals surface area contributed by atoms with Crippen molar-refractivity contribution in [2.75, 3.05) is 19.7 Å². The first-order valence-electron chi connectivity index (χ1n) is 10.8. The minimum absolute atomic E-state index is 0. The van der Waals surface area contributed by atoms with E-state index in [1.54, 1.807) is 6.20 Å². The third-order valence-electron chi connectivity index (χ3n) is 4.84. The van der Waals surface area contributed by atoms with Gasteiger partial charge >= 0.3 is 0 Å². The Kier molecular flexibility index (Phi) is 9.61. The molecule has 0 radical (unpaired) electrons. The summed E-state index contributed by atoms with van der Waals surface area (Å²) in [6.07, 6.45) is 1.68. The molecule has 0 fully saturated rings. The average Bonchev–Trinajstić information content (AvgIpc) is 2.85. The summed E-state index contributed by atoms with van der Waals surface area (Å²) in [7, 11) is 0. The second kappa shape index (κ2) is 12.9. The van der Waals surface area contributed by atoms with Gasteiger partial charge in [0, 0.05) is 12.7 Å². The quantitative estimate of drug-likeness (QED) is 0.245. The summed E-state index contributed by atoms with van der Waals surface area (Å²) in [6, 6.07) is 21.5. The molecule has 0 saturated heterocycles. The largest absolute Gasteiger partial charge is 0.487 e. The highest BCUT2D eigenvalue weighted by Gasteiger charge is 2.20. The van der Waals surface area contributed by atoms with E-state index < -0.39 is 0 Å². The molecule has 7 nitrogen and oxygen atoms in total. The number of para-hydroxylation sites is 2. The van der Waals surface area contributed by atoms with E-state index in [0.717, 1.165) is 41.0 Å². The van der Waals surface area contributed by atoms with Gasteiger partial charge in [-0.1, -0.05) is 30.3 Å². The van der Waals surface area contributed by atoms with E-state index >= 15 is 0 Å². The van der Waals surface area contributed by atoms with Crippen LogP contribution in [0.3, 0.4) is 0 Å². The van der Waals surface area contributed by atoms with Gasteiger partial charge in [-0.3, -0.25) is 4.98 Å². The number of guanidine groups is 1. The van der Waals surface area contributed by atoms with Crippen LogP contribution in [0.15, 0.2) is 77.9 Å². The van der Waals surface area contributed by atoms with Gasteiger partial charge in [0.2, 0.25) is 0 Å². The lowest BCUT2D eigenvalue weighted by molar-refractivity contribution is 0.0936. The van der Waals surface area contributed by atoms with Crippen molar-refractivity contribution in [3.05, 3.63) is 84.2 Å². The minimum Gasteiger partial charge on any atom is -0.487 e. The number of rotatable bonds is 8. The average molecular weight is 560 g/mol. The highest BCUT2D eigenvalue weighted by Crippen LogP contribution is 2.30. The maximum absolute atomic E-state index is 6.01. The number of nitrogens with zero attached hydrogens (tertiary/aromatic N) is 2. The van der Waals surface area contributed by atoms with Crippen molar-refractivity contribution in [1.82, 2.24) is 15.6 Å². The summed E-state index contributed by atoms with van der Waals surface area (Å²) in [4.78, 5) is 8.99. The topological polar surface area (TPSA) is 77.0 Å². The normalized spacial score (nSPS) is 14.7. The molecule has 33 heavy (non-hydrogen) atoms. The molecular formula is C25H29IN4O3. The molecule has 1 aromatic heterocycles. The smallest absolute Gasteiger partial charge is 0.191 e. The molecule has 0 amide bonds. The van der Waals surface area contributed by atoms with E-state index in [4.69, 9.17) is 19.2 Å². The molecule has 2 heterocycles. The molecule has 0 aliphatic carbocycles. The van der Waals surface area contributed by atoms with Gasteiger partial charge in [0.05, 0.1) is 18.8 Å². The maximum Gasteiger partial charge on any atom is 0.191 e. The van der Waals surface area contributed by atoms with Crippen molar-refractivity contribution < 1.29 is 14.2 Å². The lowest BCUT2D eigenvalue weighted by Crippen LogP contribution is -2.45. The summed E-state index contributed by atoms with van der Waals surface area (Å²) >= 11 is 0. The number of fused-ring (bicyclic) bond motifs is 1. The summed E-state index contributed by atoms with van der Waals surface area (Å²) in [5, 5.41) is 6.62. The Bertz CT molecular complexity index is 1030. The molecule has 2 aromatic carbocycles. The van der Waals surface area contributed by atoms with E-state index in [2.05, 4.69) is 15.6 Å². The maximum atomic E-state index is 6.01.